The van der Waals surface area contributed by atoms with Gasteiger partial charge in [-0.3, -0.25) is 0 Å². The van der Waals surface area contributed by atoms with E-state index in [-0.39, 0.29) is 0 Å². The van der Waals surface area contributed by atoms with Gasteiger partial charge in [-0.1, -0.05) is 27.7 Å². The summed E-state index contributed by atoms with van der Waals surface area (Å²) in [5, 5.41) is 3.61. The molecule has 1 rings (SSSR count). The third-order valence-corrected chi connectivity index (χ3v) is 3.80. The molecule has 1 heterocycles. The van der Waals surface area contributed by atoms with Crippen molar-refractivity contribution in [2.75, 3.05) is 33.4 Å². The zero-order chi connectivity index (χ0) is 12.9. The van der Waals surface area contributed by atoms with E-state index in [1.165, 1.54) is 12.8 Å². The molecule has 0 aromatic carbocycles. The van der Waals surface area contributed by atoms with Gasteiger partial charge in [0.25, 0.3) is 0 Å². The molecule has 0 radical (unpaired) electrons. The van der Waals surface area contributed by atoms with Gasteiger partial charge in [-0.2, -0.15) is 0 Å². The molecule has 0 spiro atoms. The van der Waals surface area contributed by atoms with Crippen molar-refractivity contribution in [1.29, 1.82) is 0 Å². The van der Waals surface area contributed by atoms with Gasteiger partial charge >= 0.3 is 0 Å². The average Bonchev–Trinajstić information content (AvgIpc) is 2.75. The third kappa shape index (κ3) is 4.94. The Hall–Kier alpha value is -0.120. The molecule has 17 heavy (non-hydrogen) atoms. The Morgan fingerprint density at radius 3 is 2.59 bits per heavy atom. The molecule has 1 fully saturated rings. The van der Waals surface area contributed by atoms with Crippen LogP contribution in [0.5, 0.6) is 0 Å². The van der Waals surface area contributed by atoms with E-state index in [0.717, 1.165) is 26.3 Å². The van der Waals surface area contributed by atoms with Gasteiger partial charge in [0.2, 0.25) is 0 Å². The van der Waals surface area contributed by atoms with Gasteiger partial charge in [-0.25, -0.2) is 0 Å². The van der Waals surface area contributed by atoms with Gasteiger partial charge < -0.3 is 15.0 Å². The highest BCUT2D eigenvalue weighted by molar-refractivity contribution is 4.82. The molecule has 0 aromatic rings. The first-order valence-corrected chi connectivity index (χ1v) is 6.96. The highest BCUT2D eigenvalue weighted by Crippen LogP contribution is 2.22. The zero-order valence-electron chi connectivity index (χ0n) is 12.3. The van der Waals surface area contributed by atoms with Crippen LogP contribution < -0.4 is 5.32 Å². The molecular weight excluding hydrogens is 212 g/mol. The van der Waals surface area contributed by atoms with Crippen molar-refractivity contribution in [3.8, 4) is 0 Å². The first-order chi connectivity index (χ1) is 7.95. The molecule has 3 nitrogen and oxygen atoms in total. The van der Waals surface area contributed by atoms with Crippen LogP contribution in [0.15, 0.2) is 0 Å². The summed E-state index contributed by atoms with van der Waals surface area (Å²) >= 11 is 0. The molecule has 0 saturated carbocycles. The maximum Gasteiger partial charge on any atom is 0.0622 e. The molecule has 2 unspecified atom stereocenters. The van der Waals surface area contributed by atoms with Crippen molar-refractivity contribution in [3.63, 3.8) is 0 Å². The number of likely N-dealkylation sites (N-methyl/N-ethyl adjacent to an activating group) is 1. The Morgan fingerprint density at radius 2 is 2.12 bits per heavy atom. The summed E-state index contributed by atoms with van der Waals surface area (Å²) in [5.41, 5.74) is 0.336. The number of hydrogen-bond acceptors (Lipinski definition) is 3. The standard InChI is InChI=1S/C14H30N2O/c1-6-15-13(14(2,3)4)7-9-16(5)12-8-10-17-11-12/h12-13,15H,6-11H2,1-5H3. The lowest BCUT2D eigenvalue weighted by molar-refractivity contribution is 0.149. The van der Waals surface area contributed by atoms with Crippen LogP contribution in [0.3, 0.4) is 0 Å². The van der Waals surface area contributed by atoms with Gasteiger partial charge in [-0.15, -0.1) is 0 Å². The van der Waals surface area contributed by atoms with Crippen molar-refractivity contribution < 1.29 is 4.74 Å². The summed E-state index contributed by atoms with van der Waals surface area (Å²) in [6, 6.07) is 1.23. The van der Waals surface area contributed by atoms with Crippen molar-refractivity contribution in [3.05, 3.63) is 0 Å². The molecule has 0 amide bonds. The van der Waals surface area contributed by atoms with Gasteiger partial charge in [0.05, 0.1) is 6.61 Å². The molecule has 0 aliphatic carbocycles. The first kappa shape index (κ1) is 14.9. The molecule has 0 aromatic heterocycles. The van der Waals surface area contributed by atoms with E-state index in [1.54, 1.807) is 0 Å². The van der Waals surface area contributed by atoms with Crippen molar-refractivity contribution in [2.24, 2.45) is 5.41 Å². The minimum atomic E-state index is 0.336. The highest BCUT2D eigenvalue weighted by atomic mass is 16.5. The third-order valence-electron chi connectivity index (χ3n) is 3.80. The maximum absolute atomic E-state index is 5.44. The second-order valence-corrected chi connectivity index (χ2v) is 6.26. The number of rotatable bonds is 6. The fourth-order valence-corrected chi connectivity index (χ4v) is 2.47. The molecule has 0 bridgehead atoms. The van der Waals surface area contributed by atoms with Crippen LogP contribution in [0.1, 0.15) is 40.5 Å². The molecule has 1 aliphatic rings. The Kier molecular flexibility index (Phi) is 5.90. The summed E-state index contributed by atoms with van der Waals surface area (Å²) in [4.78, 5) is 2.46. The smallest absolute Gasteiger partial charge is 0.0622 e. The summed E-state index contributed by atoms with van der Waals surface area (Å²) in [7, 11) is 2.23. The summed E-state index contributed by atoms with van der Waals surface area (Å²) < 4.78 is 5.44. The van der Waals surface area contributed by atoms with Gasteiger partial charge in [-0.05, 0) is 38.4 Å². The van der Waals surface area contributed by atoms with E-state index < -0.39 is 0 Å². The average molecular weight is 242 g/mol. The predicted molar refractivity (Wildman–Crippen MR) is 73.4 cm³/mol. The number of nitrogens with zero attached hydrogens (tertiary/aromatic N) is 1. The second-order valence-electron chi connectivity index (χ2n) is 6.26. The van der Waals surface area contributed by atoms with Crippen LogP contribution in [0.2, 0.25) is 0 Å². The SMILES string of the molecule is CCNC(CCN(C)C1CCOC1)C(C)(C)C. The van der Waals surface area contributed by atoms with E-state index in [9.17, 15) is 0 Å². The Morgan fingerprint density at radius 1 is 1.41 bits per heavy atom. The van der Waals surface area contributed by atoms with Gasteiger partial charge in [0.1, 0.15) is 0 Å². The van der Waals surface area contributed by atoms with E-state index in [1.807, 2.05) is 0 Å². The lowest BCUT2D eigenvalue weighted by Crippen LogP contribution is -2.43. The van der Waals surface area contributed by atoms with E-state index >= 15 is 0 Å². The Balaban J connectivity index is 2.35. The van der Waals surface area contributed by atoms with Crippen LogP contribution in [0.25, 0.3) is 0 Å². The zero-order valence-corrected chi connectivity index (χ0v) is 12.3. The summed E-state index contributed by atoms with van der Waals surface area (Å²) in [6.45, 7) is 13.2. The fraction of sp³-hybridized carbons (Fsp3) is 1.00. The molecular formula is C14H30N2O. The van der Waals surface area contributed by atoms with Crippen LogP contribution in [0, 0.1) is 5.41 Å². The predicted octanol–water partition coefficient (Wildman–Crippen LogP) is 2.12. The molecule has 2 atom stereocenters. The van der Waals surface area contributed by atoms with E-state index in [2.05, 4.69) is 45.0 Å². The molecule has 1 aliphatic heterocycles. The minimum Gasteiger partial charge on any atom is -0.380 e. The topological polar surface area (TPSA) is 24.5 Å². The van der Waals surface area contributed by atoms with Crippen LogP contribution in [0.4, 0.5) is 0 Å². The molecule has 1 N–H and O–H groups in total. The largest absolute Gasteiger partial charge is 0.380 e. The van der Waals surface area contributed by atoms with Gasteiger partial charge in [0, 0.05) is 18.7 Å². The monoisotopic (exact) mass is 242 g/mol. The summed E-state index contributed by atoms with van der Waals surface area (Å²) in [5.74, 6) is 0. The lowest BCUT2D eigenvalue weighted by Gasteiger charge is -2.33. The van der Waals surface area contributed by atoms with E-state index in [4.69, 9.17) is 4.74 Å². The van der Waals surface area contributed by atoms with Crippen molar-refractivity contribution >= 4 is 0 Å². The number of hydrogen-bond donors (Lipinski definition) is 1. The van der Waals surface area contributed by atoms with Crippen LogP contribution in [-0.2, 0) is 4.74 Å². The summed E-state index contributed by atoms with van der Waals surface area (Å²) in [6.07, 6.45) is 2.40. The van der Waals surface area contributed by atoms with E-state index in [0.29, 0.717) is 17.5 Å². The first-order valence-electron chi connectivity index (χ1n) is 6.96. The number of ether oxygens (including phenoxy) is 1. The number of nitrogens with one attached hydrogen (secondary N) is 1. The fourth-order valence-electron chi connectivity index (χ4n) is 2.47. The Labute approximate surface area is 107 Å². The van der Waals surface area contributed by atoms with Gasteiger partial charge in [0.15, 0.2) is 0 Å². The lowest BCUT2D eigenvalue weighted by atomic mass is 9.84. The molecule has 102 valence electrons. The van der Waals surface area contributed by atoms with Crippen molar-refractivity contribution in [1.82, 2.24) is 10.2 Å². The quantitative estimate of drug-likeness (QED) is 0.772. The molecule has 3 heteroatoms. The Bertz CT molecular complexity index is 207. The second kappa shape index (κ2) is 6.72. The maximum atomic E-state index is 5.44. The van der Waals surface area contributed by atoms with Crippen molar-refractivity contribution in [2.45, 2.75) is 52.6 Å². The normalized spacial score (nSPS) is 23.3. The minimum absolute atomic E-state index is 0.336. The highest BCUT2D eigenvalue weighted by Gasteiger charge is 2.25. The van der Waals surface area contributed by atoms with Crippen LogP contribution >= 0.6 is 0 Å². The van der Waals surface area contributed by atoms with Crippen LogP contribution in [-0.4, -0.2) is 50.3 Å². The molecule has 1 saturated heterocycles.